The van der Waals surface area contributed by atoms with E-state index in [1.165, 1.54) is 0 Å². The van der Waals surface area contributed by atoms with E-state index in [2.05, 4.69) is 31.9 Å². The lowest BCUT2D eigenvalue weighted by Gasteiger charge is -1.92. The van der Waals surface area contributed by atoms with Crippen LogP contribution in [0.2, 0.25) is 0 Å². The SMILES string of the molecule is [2H]c1cc(CBr)cc([2H])c1Br. The zero-order valence-electron chi connectivity index (χ0n) is 6.62. The third kappa shape index (κ3) is 2.11. The van der Waals surface area contributed by atoms with Gasteiger partial charge in [0.25, 0.3) is 0 Å². The highest BCUT2D eigenvalue weighted by Crippen LogP contribution is 2.11. The fourth-order valence-corrected chi connectivity index (χ4v) is 1.03. The Bertz CT molecular complexity index is 250. The summed E-state index contributed by atoms with van der Waals surface area (Å²) in [6, 6.07) is 4.20. The van der Waals surface area contributed by atoms with Crippen molar-refractivity contribution in [2.45, 2.75) is 5.33 Å². The molecule has 0 bridgehead atoms. The maximum absolute atomic E-state index is 7.42. The highest BCUT2D eigenvalue weighted by atomic mass is 79.9. The lowest BCUT2D eigenvalue weighted by Crippen LogP contribution is -1.73. The molecule has 0 atom stereocenters. The van der Waals surface area contributed by atoms with Crippen molar-refractivity contribution in [3.05, 3.63) is 34.3 Å². The molecule has 0 N–H and O–H groups in total. The molecule has 0 aromatic heterocycles. The molecule has 9 heavy (non-hydrogen) atoms. The molecule has 0 fully saturated rings. The summed E-state index contributed by atoms with van der Waals surface area (Å²) in [6.45, 7) is 0. The average Bonchev–Trinajstić information content (AvgIpc) is 1.99. The van der Waals surface area contributed by atoms with E-state index < -0.39 is 0 Å². The normalized spacial score (nSPS) is 12.7. The predicted octanol–water partition coefficient (Wildman–Crippen LogP) is 3.34. The molecule has 1 aromatic rings. The zero-order valence-corrected chi connectivity index (χ0v) is 7.79. The van der Waals surface area contributed by atoms with Gasteiger partial charge in [-0.2, -0.15) is 0 Å². The first kappa shape index (κ1) is 4.91. The largest absolute Gasteiger partial charge is 0.0876 e. The topological polar surface area (TPSA) is 0 Å². The molecule has 0 nitrogen and oxygen atoms in total. The van der Waals surface area contributed by atoms with Gasteiger partial charge in [-0.3, -0.25) is 0 Å². The highest BCUT2D eigenvalue weighted by molar-refractivity contribution is 9.10. The third-order valence-corrected chi connectivity index (χ3v) is 2.03. The van der Waals surface area contributed by atoms with Gasteiger partial charge >= 0.3 is 0 Å². The van der Waals surface area contributed by atoms with Crippen LogP contribution >= 0.6 is 31.9 Å². The van der Waals surface area contributed by atoms with Gasteiger partial charge in [-0.25, -0.2) is 0 Å². The van der Waals surface area contributed by atoms with Crippen LogP contribution in [0, 0.1) is 0 Å². The average molecular weight is 252 g/mol. The summed E-state index contributed by atoms with van der Waals surface area (Å²) >= 11 is 6.42. The Morgan fingerprint density at radius 3 is 2.44 bits per heavy atom. The van der Waals surface area contributed by atoms with Gasteiger partial charge in [-0.15, -0.1) is 0 Å². The number of alkyl halides is 1. The molecule has 0 spiro atoms. The van der Waals surface area contributed by atoms with Crippen molar-refractivity contribution in [2.24, 2.45) is 0 Å². The second kappa shape index (κ2) is 3.37. The molecular weight excluding hydrogens is 244 g/mol. The molecule has 0 radical (unpaired) electrons. The van der Waals surface area contributed by atoms with E-state index in [9.17, 15) is 0 Å². The first-order valence-electron chi connectivity index (χ1n) is 3.46. The van der Waals surface area contributed by atoms with E-state index in [-0.39, 0.29) is 0 Å². The van der Waals surface area contributed by atoms with Gasteiger partial charge < -0.3 is 0 Å². The quantitative estimate of drug-likeness (QED) is 0.672. The number of hydrogen-bond donors (Lipinski definition) is 0. The van der Waals surface area contributed by atoms with Crippen LogP contribution in [-0.4, -0.2) is 0 Å². The molecule has 0 unspecified atom stereocenters. The Hall–Kier alpha value is 0.180. The summed E-state index contributed by atoms with van der Waals surface area (Å²) in [7, 11) is 0. The Labute approximate surface area is 74.3 Å². The first-order valence-corrected chi connectivity index (χ1v) is 4.38. The third-order valence-electron chi connectivity index (χ3n) is 0.923. The molecule has 2 heteroatoms. The summed E-state index contributed by atoms with van der Waals surface area (Å²) in [4.78, 5) is 0. The summed E-state index contributed by atoms with van der Waals surface area (Å²) in [5, 5.41) is 0.692. The van der Waals surface area contributed by atoms with E-state index in [1.54, 1.807) is 12.1 Å². The van der Waals surface area contributed by atoms with Crippen molar-refractivity contribution in [1.82, 2.24) is 0 Å². The molecule has 1 aromatic carbocycles. The van der Waals surface area contributed by atoms with Gasteiger partial charge in [0, 0.05) is 9.80 Å². The van der Waals surface area contributed by atoms with E-state index in [1.807, 2.05) is 0 Å². The summed E-state index contributed by atoms with van der Waals surface area (Å²) < 4.78 is 15.4. The lowest BCUT2D eigenvalue weighted by atomic mass is 10.2. The minimum atomic E-state index is 0.368. The van der Waals surface area contributed by atoms with Gasteiger partial charge in [0.15, 0.2) is 0 Å². The second-order valence-electron chi connectivity index (χ2n) is 1.60. The van der Waals surface area contributed by atoms with Crippen LogP contribution in [0.5, 0.6) is 0 Å². The maximum atomic E-state index is 7.42. The molecule has 0 saturated carbocycles. The highest BCUT2D eigenvalue weighted by Gasteiger charge is 1.86. The molecule has 0 aliphatic rings. The van der Waals surface area contributed by atoms with E-state index >= 15 is 0 Å². The van der Waals surface area contributed by atoms with Crippen LogP contribution in [0.15, 0.2) is 28.7 Å². The Balaban J connectivity index is 3.21. The number of halogens is 2. The van der Waals surface area contributed by atoms with Crippen LogP contribution in [0.25, 0.3) is 0 Å². The Kier molecular flexibility index (Phi) is 1.84. The van der Waals surface area contributed by atoms with Crippen LogP contribution in [0.4, 0.5) is 0 Å². The van der Waals surface area contributed by atoms with E-state index in [0.29, 0.717) is 21.9 Å². The van der Waals surface area contributed by atoms with Crippen molar-refractivity contribution in [3.63, 3.8) is 0 Å². The molecule has 0 aliphatic heterocycles. The Morgan fingerprint density at radius 2 is 2.00 bits per heavy atom. The van der Waals surface area contributed by atoms with Crippen LogP contribution < -0.4 is 0 Å². The summed E-state index contributed by atoms with van der Waals surface area (Å²) in [6.07, 6.45) is 0. The van der Waals surface area contributed by atoms with Gasteiger partial charge in [-0.05, 0) is 17.6 Å². The second-order valence-corrected chi connectivity index (χ2v) is 2.95. The van der Waals surface area contributed by atoms with Crippen molar-refractivity contribution >= 4 is 31.9 Å². The molecule has 48 valence electrons. The molecule has 0 saturated heterocycles. The lowest BCUT2D eigenvalue weighted by molar-refractivity contribution is 1.43. The summed E-state index contributed by atoms with van der Waals surface area (Å²) in [5.74, 6) is 0. The zero-order chi connectivity index (χ0) is 8.43. The van der Waals surface area contributed by atoms with Crippen molar-refractivity contribution in [2.75, 3.05) is 0 Å². The van der Waals surface area contributed by atoms with Gasteiger partial charge in [0.2, 0.25) is 0 Å². The van der Waals surface area contributed by atoms with E-state index in [4.69, 9.17) is 2.74 Å². The molecule has 0 amide bonds. The van der Waals surface area contributed by atoms with Gasteiger partial charge in [0.1, 0.15) is 0 Å². The first-order chi connectivity index (χ1) is 5.15. The fraction of sp³-hybridized carbons (Fsp3) is 0.143. The van der Waals surface area contributed by atoms with Crippen molar-refractivity contribution in [3.8, 4) is 0 Å². The molecule has 1 rings (SSSR count). The van der Waals surface area contributed by atoms with Crippen molar-refractivity contribution < 1.29 is 2.74 Å². The Morgan fingerprint density at radius 1 is 1.44 bits per heavy atom. The van der Waals surface area contributed by atoms with Crippen LogP contribution in [0.1, 0.15) is 8.30 Å². The molecule has 0 aliphatic carbocycles. The number of hydrogen-bond acceptors (Lipinski definition) is 0. The monoisotopic (exact) mass is 250 g/mol. The minimum Gasteiger partial charge on any atom is -0.0876 e. The van der Waals surface area contributed by atoms with Gasteiger partial charge in [0.05, 0.1) is 2.74 Å². The smallest absolute Gasteiger partial charge is 0.0635 e. The standard InChI is InChI=1S/C7H6Br2/c8-5-6-1-3-7(9)4-2-6/h1-4H,5H2/i3D,4D. The predicted molar refractivity (Wildman–Crippen MR) is 46.8 cm³/mol. The van der Waals surface area contributed by atoms with E-state index in [0.717, 1.165) is 5.56 Å². The molecule has 0 heterocycles. The fourth-order valence-electron chi connectivity index (χ4n) is 0.473. The van der Waals surface area contributed by atoms with Crippen LogP contribution in [-0.2, 0) is 5.33 Å². The number of rotatable bonds is 1. The van der Waals surface area contributed by atoms with Gasteiger partial charge in [-0.1, -0.05) is 44.0 Å². The molecular formula is C7H6Br2. The minimum absolute atomic E-state index is 0.368. The van der Waals surface area contributed by atoms with Crippen LogP contribution in [0.3, 0.4) is 0 Å². The number of benzene rings is 1. The van der Waals surface area contributed by atoms with Crippen molar-refractivity contribution in [1.29, 1.82) is 0 Å². The maximum Gasteiger partial charge on any atom is 0.0635 e. The summed E-state index contributed by atoms with van der Waals surface area (Å²) in [5.41, 5.74) is 0.961.